The number of nitrogens with one attached hydrogen (secondary N) is 2. The standard InChI is InChI=1S/C14H18BrN3O/c1-8-2-7-11(15)17-13(8)18-14(19)12-9-3-5-10(16-12)6-4-9/h2,7,9-10,12,16H,3-6H2,1H3,(H,17,18,19)/t9?,10?,12-/m0/s1. The number of anilines is 1. The van der Waals surface area contributed by atoms with Crippen molar-refractivity contribution in [1.82, 2.24) is 10.3 Å². The second kappa shape index (κ2) is 5.21. The van der Waals surface area contributed by atoms with Gasteiger partial charge in [-0.1, -0.05) is 6.07 Å². The van der Waals surface area contributed by atoms with Crippen LogP contribution in [0.4, 0.5) is 5.82 Å². The zero-order valence-corrected chi connectivity index (χ0v) is 12.5. The number of aryl methyl sites for hydroxylation is 1. The zero-order valence-electron chi connectivity index (χ0n) is 10.9. The molecule has 1 aromatic heterocycles. The summed E-state index contributed by atoms with van der Waals surface area (Å²) in [6.45, 7) is 1.95. The van der Waals surface area contributed by atoms with Gasteiger partial charge in [0.25, 0.3) is 0 Å². The lowest BCUT2D eigenvalue weighted by molar-refractivity contribution is -0.121. The summed E-state index contributed by atoms with van der Waals surface area (Å²) < 4.78 is 0.742. The lowest BCUT2D eigenvalue weighted by Crippen LogP contribution is -2.57. The Morgan fingerprint density at radius 3 is 2.74 bits per heavy atom. The third-order valence-electron chi connectivity index (χ3n) is 4.25. The van der Waals surface area contributed by atoms with Gasteiger partial charge in [-0.2, -0.15) is 0 Å². The summed E-state index contributed by atoms with van der Waals surface area (Å²) in [4.78, 5) is 16.7. The zero-order chi connectivity index (χ0) is 13.4. The maximum absolute atomic E-state index is 12.4. The fourth-order valence-corrected chi connectivity index (χ4v) is 3.43. The molecule has 0 spiro atoms. The summed E-state index contributed by atoms with van der Waals surface area (Å²) in [7, 11) is 0. The average Bonchev–Trinajstić information content (AvgIpc) is 2.44. The smallest absolute Gasteiger partial charge is 0.242 e. The number of fused-ring (bicyclic) bond motifs is 3. The van der Waals surface area contributed by atoms with Crippen molar-refractivity contribution in [2.24, 2.45) is 5.92 Å². The van der Waals surface area contributed by atoms with Gasteiger partial charge in [-0.3, -0.25) is 4.79 Å². The lowest BCUT2D eigenvalue weighted by atomic mass is 9.76. The molecule has 0 radical (unpaired) electrons. The van der Waals surface area contributed by atoms with Gasteiger partial charge < -0.3 is 10.6 Å². The molecule has 0 aromatic carbocycles. The first kappa shape index (κ1) is 13.1. The highest BCUT2D eigenvalue weighted by Crippen LogP contribution is 2.33. The normalized spacial score (nSPS) is 29.3. The summed E-state index contributed by atoms with van der Waals surface area (Å²) in [6, 6.07) is 4.31. The number of halogens is 1. The fraction of sp³-hybridized carbons (Fsp3) is 0.571. The number of rotatable bonds is 2. The fourth-order valence-electron chi connectivity index (χ4n) is 3.12. The quantitative estimate of drug-likeness (QED) is 0.822. The van der Waals surface area contributed by atoms with E-state index in [4.69, 9.17) is 0 Å². The molecule has 2 bridgehead atoms. The minimum absolute atomic E-state index is 0.0484. The molecule has 1 amide bonds. The van der Waals surface area contributed by atoms with Crippen molar-refractivity contribution in [1.29, 1.82) is 0 Å². The van der Waals surface area contributed by atoms with E-state index >= 15 is 0 Å². The molecule has 1 aliphatic carbocycles. The van der Waals surface area contributed by atoms with Gasteiger partial charge in [0.05, 0.1) is 6.04 Å². The highest BCUT2D eigenvalue weighted by Gasteiger charge is 2.39. The summed E-state index contributed by atoms with van der Waals surface area (Å²) in [5, 5.41) is 6.42. The van der Waals surface area contributed by atoms with E-state index in [1.54, 1.807) is 0 Å². The lowest BCUT2D eigenvalue weighted by Gasteiger charge is -2.42. The van der Waals surface area contributed by atoms with Crippen LogP contribution in [0.5, 0.6) is 0 Å². The summed E-state index contributed by atoms with van der Waals surface area (Å²) >= 11 is 3.34. The predicted octanol–water partition coefficient (Wildman–Crippen LogP) is 2.62. The van der Waals surface area contributed by atoms with E-state index in [1.165, 1.54) is 25.7 Å². The summed E-state index contributed by atoms with van der Waals surface area (Å²) in [6.07, 6.45) is 4.76. The van der Waals surface area contributed by atoms with Gasteiger partial charge in [0.1, 0.15) is 10.4 Å². The minimum Gasteiger partial charge on any atom is -0.309 e. The number of hydrogen-bond donors (Lipinski definition) is 2. The molecule has 3 fully saturated rings. The van der Waals surface area contributed by atoms with E-state index in [1.807, 2.05) is 19.1 Å². The van der Waals surface area contributed by atoms with Crippen LogP contribution < -0.4 is 10.6 Å². The SMILES string of the molecule is Cc1ccc(Br)nc1NC(=O)[C@H]1NC2CCC1CC2. The Morgan fingerprint density at radius 1 is 1.37 bits per heavy atom. The first-order valence-corrected chi connectivity index (χ1v) is 7.63. The van der Waals surface area contributed by atoms with Gasteiger partial charge in [0.15, 0.2) is 0 Å². The Bertz CT molecular complexity index is 497. The predicted molar refractivity (Wildman–Crippen MR) is 78.0 cm³/mol. The Balaban J connectivity index is 1.73. The van der Waals surface area contributed by atoms with Crippen molar-refractivity contribution >= 4 is 27.7 Å². The molecule has 3 heterocycles. The molecule has 0 unspecified atom stereocenters. The number of hydrogen-bond acceptors (Lipinski definition) is 3. The van der Waals surface area contributed by atoms with Gasteiger partial charge in [-0.05, 0) is 66.1 Å². The molecular formula is C14H18BrN3O. The van der Waals surface area contributed by atoms with E-state index in [9.17, 15) is 4.79 Å². The number of amides is 1. The third-order valence-corrected chi connectivity index (χ3v) is 4.69. The first-order chi connectivity index (χ1) is 9.13. The largest absolute Gasteiger partial charge is 0.309 e. The number of carbonyl (C=O) groups is 1. The van der Waals surface area contributed by atoms with E-state index < -0.39 is 0 Å². The molecule has 1 saturated carbocycles. The molecular weight excluding hydrogens is 306 g/mol. The number of pyridine rings is 1. The van der Waals surface area contributed by atoms with Gasteiger partial charge in [0, 0.05) is 6.04 Å². The Hall–Kier alpha value is -0.940. The van der Waals surface area contributed by atoms with Crippen LogP contribution in [0.15, 0.2) is 16.7 Å². The van der Waals surface area contributed by atoms with E-state index in [0.717, 1.165) is 10.2 Å². The monoisotopic (exact) mass is 323 g/mol. The molecule has 19 heavy (non-hydrogen) atoms. The van der Waals surface area contributed by atoms with Gasteiger partial charge in [0.2, 0.25) is 5.91 Å². The van der Waals surface area contributed by atoms with Crippen molar-refractivity contribution in [3.8, 4) is 0 Å². The third kappa shape index (κ3) is 2.67. The number of aromatic nitrogens is 1. The molecule has 2 aliphatic heterocycles. The Morgan fingerprint density at radius 2 is 2.11 bits per heavy atom. The van der Waals surface area contributed by atoms with Crippen LogP contribution in [0.3, 0.4) is 0 Å². The molecule has 3 aliphatic rings. The van der Waals surface area contributed by atoms with Crippen molar-refractivity contribution in [3.63, 3.8) is 0 Å². The van der Waals surface area contributed by atoms with Crippen molar-refractivity contribution in [2.45, 2.75) is 44.7 Å². The Labute approximate surface area is 121 Å². The van der Waals surface area contributed by atoms with Crippen LogP contribution >= 0.6 is 15.9 Å². The molecule has 5 heteroatoms. The van der Waals surface area contributed by atoms with Crippen LogP contribution in [0.25, 0.3) is 0 Å². The van der Waals surface area contributed by atoms with E-state index in [2.05, 4.69) is 31.5 Å². The van der Waals surface area contributed by atoms with E-state index in [0.29, 0.717) is 17.8 Å². The van der Waals surface area contributed by atoms with Crippen LogP contribution in [-0.2, 0) is 4.79 Å². The second-order valence-corrected chi connectivity index (χ2v) is 6.36. The number of nitrogens with zero attached hydrogens (tertiary/aromatic N) is 1. The molecule has 1 aromatic rings. The highest BCUT2D eigenvalue weighted by molar-refractivity contribution is 9.10. The van der Waals surface area contributed by atoms with Crippen LogP contribution in [-0.4, -0.2) is 23.0 Å². The van der Waals surface area contributed by atoms with Crippen molar-refractivity contribution in [3.05, 3.63) is 22.3 Å². The minimum atomic E-state index is -0.0484. The second-order valence-electron chi connectivity index (χ2n) is 5.54. The van der Waals surface area contributed by atoms with Crippen molar-refractivity contribution in [2.75, 3.05) is 5.32 Å². The summed E-state index contributed by atoms with van der Waals surface area (Å²) in [5.41, 5.74) is 0.984. The number of carbonyl (C=O) groups excluding carboxylic acids is 1. The maximum atomic E-state index is 12.4. The van der Waals surface area contributed by atoms with Crippen molar-refractivity contribution < 1.29 is 4.79 Å². The van der Waals surface area contributed by atoms with Crippen LogP contribution in [0.2, 0.25) is 0 Å². The van der Waals surface area contributed by atoms with Crippen LogP contribution in [0.1, 0.15) is 31.2 Å². The maximum Gasteiger partial charge on any atom is 0.242 e. The number of piperidine rings is 2. The van der Waals surface area contributed by atoms with Gasteiger partial charge >= 0.3 is 0 Å². The Kier molecular flexibility index (Phi) is 3.58. The molecule has 4 nitrogen and oxygen atoms in total. The molecule has 4 rings (SSSR count). The van der Waals surface area contributed by atoms with Gasteiger partial charge in [-0.25, -0.2) is 4.98 Å². The molecule has 1 atom stereocenters. The highest BCUT2D eigenvalue weighted by atomic mass is 79.9. The topological polar surface area (TPSA) is 54.0 Å². The molecule has 2 N–H and O–H groups in total. The van der Waals surface area contributed by atoms with E-state index in [-0.39, 0.29) is 11.9 Å². The molecule has 102 valence electrons. The average molecular weight is 324 g/mol. The summed E-state index contributed by atoms with van der Waals surface area (Å²) in [5.74, 6) is 1.20. The van der Waals surface area contributed by atoms with Crippen LogP contribution in [0, 0.1) is 12.8 Å². The molecule has 2 saturated heterocycles. The first-order valence-electron chi connectivity index (χ1n) is 6.83. The van der Waals surface area contributed by atoms with Gasteiger partial charge in [-0.15, -0.1) is 0 Å².